The third-order valence-electron chi connectivity index (χ3n) is 5.43. The molecule has 4 nitrogen and oxygen atoms in total. The van der Waals surface area contributed by atoms with Crippen molar-refractivity contribution in [3.63, 3.8) is 0 Å². The van der Waals surface area contributed by atoms with Gasteiger partial charge in [0.1, 0.15) is 0 Å². The number of carbonyl (C=O) groups excluding carboxylic acids is 1. The maximum absolute atomic E-state index is 12.6. The quantitative estimate of drug-likeness (QED) is 0.845. The average Bonchev–Trinajstić information content (AvgIpc) is 3.01. The third kappa shape index (κ3) is 4.11. The summed E-state index contributed by atoms with van der Waals surface area (Å²) >= 11 is 0. The second-order valence-corrected chi connectivity index (χ2v) is 6.94. The fraction of sp³-hybridized carbons (Fsp3) is 0.938. The van der Waals surface area contributed by atoms with E-state index in [4.69, 9.17) is 0 Å². The summed E-state index contributed by atoms with van der Waals surface area (Å²) in [6.45, 7) is 7.29. The van der Waals surface area contributed by atoms with Gasteiger partial charge < -0.3 is 10.2 Å². The standard InChI is InChI=1S/C16H29N3O.ClH/c1-13-6-7-17-15(12-13)16(20)19-10-8-18(9-11-19)14-4-2-3-5-14;/h13-15,17H,2-12H2,1H3;1H. The SMILES string of the molecule is CC1CCNC(C(=O)N2CCN(C3CCCC3)CC2)C1.Cl. The zero-order chi connectivity index (χ0) is 13.9. The lowest BCUT2D eigenvalue weighted by Gasteiger charge is -2.40. The highest BCUT2D eigenvalue weighted by Gasteiger charge is 2.32. The van der Waals surface area contributed by atoms with E-state index in [0.717, 1.165) is 45.2 Å². The average molecular weight is 316 g/mol. The van der Waals surface area contributed by atoms with Crippen molar-refractivity contribution >= 4 is 18.3 Å². The van der Waals surface area contributed by atoms with Crippen LogP contribution in [0.25, 0.3) is 0 Å². The van der Waals surface area contributed by atoms with Crippen LogP contribution in [0.1, 0.15) is 45.4 Å². The molecule has 122 valence electrons. The van der Waals surface area contributed by atoms with Crippen molar-refractivity contribution in [3.8, 4) is 0 Å². The minimum absolute atomic E-state index is 0. The van der Waals surface area contributed by atoms with Crippen LogP contribution in [-0.2, 0) is 4.79 Å². The Morgan fingerprint density at radius 2 is 1.71 bits per heavy atom. The van der Waals surface area contributed by atoms with Crippen LogP contribution in [-0.4, -0.2) is 60.5 Å². The van der Waals surface area contributed by atoms with Gasteiger partial charge in [-0.05, 0) is 38.1 Å². The summed E-state index contributed by atoms with van der Waals surface area (Å²) in [5.41, 5.74) is 0. The summed E-state index contributed by atoms with van der Waals surface area (Å²) in [5.74, 6) is 1.03. The van der Waals surface area contributed by atoms with E-state index in [-0.39, 0.29) is 18.4 Å². The van der Waals surface area contributed by atoms with E-state index in [1.165, 1.54) is 32.1 Å². The highest BCUT2D eigenvalue weighted by molar-refractivity contribution is 5.85. The van der Waals surface area contributed by atoms with Crippen molar-refractivity contribution in [1.82, 2.24) is 15.1 Å². The number of piperazine rings is 1. The van der Waals surface area contributed by atoms with Gasteiger partial charge >= 0.3 is 0 Å². The molecule has 1 saturated carbocycles. The van der Waals surface area contributed by atoms with E-state index in [1.54, 1.807) is 0 Å². The first-order chi connectivity index (χ1) is 9.74. The molecule has 2 heterocycles. The summed E-state index contributed by atoms with van der Waals surface area (Å²) in [4.78, 5) is 17.3. The number of halogens is 1. The second-order valence-electron chi connectivity index (χ2n) is 6.94. The Kier molecular flexibility index (Phi) is 6.33. The Morgan fingerprint density at radius 3 is 2.33 bits per heavy atom. The normalized spacial score (nSPS) is 32.0. The van der Waals surface area contributed by atoms with Crippen LogP contribution in [0.4, 0.5) is 0 Å². The predicted octanol–water partition coefficient (Wildman–Crippen LogP) is 1.88. The molecule has 2 unspecified atom stereocenters. The van der Waals surface area contributed by atoms with Gasteiger partial charge in [-0.1, -0.05) is 19.8 Å². The first kappa shape index (κ1) is 17.0. The number of carbonyl (C=O) groups is 1. The summed E-state index contributed by atoms with van der Waals surface area (Å²) in [6, 6.07) is 0.886. The molecule has 0 radical (unpaired) electrons. The molecule has 0 bridgehead atoms. The van der Waals surface area contributed by atoms with Crippen molar-refractivity contribution in [2.24, 2.45) is 5.92 Å². The molecule has 1 N–H and O–H groups in total. The highest BCUT2D eigenvalue weighted by Crippen LogP contribution is 2.24. The van der Waals surface area contributed by atoms with E-state index >= 15 is 0 Å². The first-order valence-corrected chi connectivity index (χ1v) is 8.50. The molecular formula is C16H30ClN3O. The Morgan fingerprint density at radius 1 is 1.05 bits per heavy atom. The van der Waals surface area contributed by atoms with Gasteiger partial charge in [0.25, 0.3) is 0 Å². The number of hydrogen-bond donors (Lipinski definition) is 1. The lowest BCUT2D eigenvalue weighted by Crippen LogP contribution is -2.56. The maximum atomic E-state index is 12.6. The van der Waals surface area contributed by atoms with Crippen LogP contribution in [0, 0.1) is 5.92 Å². The van der Waals surface area contributed by atoms with Crippen molar-refractivity contribution < 1.29 is 4.79 Å². The zero-order valence-electron chi connectivity index (χ0n) is 13.2. The molecule has 3 rings (SSSR count). The fourth-order valence-corrected chi connectivity index (χ4v) is 4.09. The van der Waals surface area contributed by atoms with Crippen LogP contribution >= 0.6 is 12.4 Å². The van der Waals surface area contributed by atoms with Crippen LogP contribution in [0.5, 0.6) is 0 Å². The van der Waals surface area contributed by atoms with Crippen LogP contribution in [0.15, 0.2) is 0 Å². The Balaban J connectivity index is 0.00000161. The molecule has 3 aliphatic rings. The molecule has 0 aromatic rings. The molecule has 2 aliphatic heterocycles. The van der Waals surface area contributed by atoms with Gasteiger partial charge in [0.15, 0.2) is 0 Å². The minimum Gasteiger partial charge on any atom is -0.339 e. The third-order valence-corrected chi connectivity index (χ3v) is 5.43. The summed E-state index contributed by atoms with van der Waals surface area (Å²) < 4.78 is 0. The number of hydrogen-bond acceptors (Lipinski definition) is 3. The molecule has 1 aliphatic carbocycles. The van der Waals surface area contributed by atoms with E-state index in [1.807, 2.05) is 0 Å². The van der Waals surface area contributed by atoms with Gasteiger partial charge in [-0.25, -0.2) is 0 Å². The lowest BCUT2D eigenvalue weighted by atomic mass is 9.93. The van der Waals surface area contributed by atoms with Gasteiger partial charge in [0.05, 0.1) is 6.04 Å². The molecule has 2 saturated heterocycles. The number of piperidine rings is 1. The van der Waals surface area contributed by atoms with Crippen molar-refractivity contribution in [3.05, 3.63) is 0 Å². The zero-order valence-corrected chi connectivity index (χ0v) is 14.0. The van der Waals surface area contributed by atoms with E-state index in [9.17, 15) is 4.79 Å². The van der Waals surface area contributed by atoms with Crippen molar-refractivity contribution in [2.45, 2.75) is 57.5 Å². The summed E-state index contributed by atoms with van der Waals surface area (Å²) in [7, 11) is 0. The molecule has 0 aromatic heterocycles. The monoisotopic (exact) mass is 315 g/mol. The van der Waals surface area contributed by atoms with E-state index in [2.05, 4.69) is 22.0 Å². The molecule has 0 spiro atoms. The highest BCUT2D eigenvalue weighted by atomic mass is 35.5. The maximum Gasteiger partial charge on any atom is 0.239 e. The van der Waals surface area contributed by atoms with Crippen molar-refractivity contribution in [1.29, 1.82) is 0 Å². The summed E-state index contributed by atoms with van der Waals surface area (Å²) in [6.07, 6.45) is 7.76. The van der Waals surface area contributed by atoms with Gasteiger partial charge in [0.2, 0.25) is 5.91 Å². The number of amides is 1. The van der Waals surface area contributed by atoms with Crippen LogP contribution in [0.2, 0.25) is 0 Å². The molecule has 3 fully saturated rings. The molecule has 0 aromatic carbocycles. The summed E-state index contributed by atoms with van der Waals surface area (Å²) in [5, 5.41) is 3.41. The molecular weight excluding hydrogens is 286 g/mol. The Labute approximate surface area is 135 Å². The molecule has 5 heteroatoms. The second kappa shape index (κ2) is 7.80. The van der Waals surface area contributed by atoms with Gasteiger partial charge in [-0.2, -0.15) is 0 Å². The Bertz CT molecular complexity index is 338. The molecule has 1 amide bonds. The van der Waals surface area contributed by atoms with Crippen LogP contribution in [0.3, 0.4) is 0 Å². The van der Waals surface area contributed by atoms with Crippen LogP contribution < -0.4 is 5.32 Å². The minimum atomic E-state index is 0. The van der Waals surface area contributed by atoms with Gasteiger partial charge in [-0.3, -0.25) is 9.69 Å². The number of nitrogens with zero attached hydrogens (tertiary/aromatic N) is 2. The smallest absolute Gasteiger partial charge is 0.239 e. The van der Waals surface area contributed by atoms with Crippen molar-refractivity contribution in [2.75, 3.05) is 32.7 Å². The molecule has 21 heavy (non-hydrogen) atoms. The number of nitrogens with one attached hydrogen (secondary N) is 1. The number of rotatable bonds is 2. The largest absolute Gasteiger partial charge is 0.339 e. The van der Waals surface area contributed by atoms with E-state index < -0.39 is 0 Å². The lowest BCUT2D eigenvalue weighted by molar-refractivity contribution is -0.136. The Hall–Kier alpha value is -0.320. The fourth-order valence-electron chi connectivity index (χ4n) is 4.09. The predicted molar refractivity (Wildman–Crippen MR) is 87.8 cm³/mol. The topological polar surface area (TPSA) is 35.6 Å². The van der Waals surface area contributed by atoms with E-state index in [0.29, 0.717) is 11.8 Å². The first-order valence-electron chi connectivity index (χ1n) is 8.50. The molecule has 2 atom stereocenters. The van der Waals surface area contributed by atoms with Gasteiger partial charge in [0, 0.05) is 32.2 Å². The van der Waals surface area contributed by atoms with Gasteiger partial charge in [-0.15, -0.1) is 12.4 Å².